The Morgan fingerprint density at radius 2 is 1.78 bits per heavy atom. The van der Waals surface area contributed by atoms with Crippen LogP contribution in [0.2, 0.25) is 5.02 Å². The van der Waals surface area contributed by atoms with Gasteiger partial charge in [-0.1, -0.05) is 35.9 Å². The summed E-state index contributed by atoms with van der Waals surface area (Å²) in [6.45, 7) is 1.45. The third-order valence-electron chi connectivity index (χ3n) is 3.93. The summed E-state index contributed by atoms with van der Waals surface area (Å²) in [4.78, 5) is 13.4. The first-order chi connectivity index (χ1) is 12.9. The van der Waals surface area contributed by atoms with E-state index >= 15 is 0 Å². The zero-order valence-electron chi connectivity index (χ0n) is 16.1. The van der Waals surface area contributed by atoms with Crippen LogP contribution in [0.1, 0.15) is 16.7 Å². The Bertz CT molecular complexity index is 802. The predicted molar refractivity (Wildman–Crippen MR) is 108 cm³/mol. The van der Waals surface area contributed by atoms with Gasteiger partial charge in [-0.3, -0.25) is 4.79 Å². The summed E-state index contributed by atoms with van der Waals surface area (Å²) >= 11 is 6.17. The van der Waals surface area contributed by atoms with E-state index in [2.05, 4.69) is 31.5 Å². The van der Waals surface area contributed by atoms with Crippen LogP contribution in [-0.2, 0) is 17.9 Å². The average molecular weight is 390 g/mol. The number of methoxy groups -OCH3 is 2. The van der Waals surface area contributed by atoms with E-state index < -0.39 is 0 Å². The Balaban J connectivity index is 1.94. The SMILES string of the molecule is COc1cc(/C=C/C(=O)NCc2ccc(C[NH+](C)C)cc2)cc(Cl)c1OC. The number of carbonyl (C=O) groups is 1. The molecule has 2 rings (SSSR count). The number of nitrogens with one attached hydrogen (secondary N) is 2. The van der Waals surface area contributed by atoms with Crippen LogP contribution in [0.5, 0.6) is 11.5 Å². The number of amides is 1. The Kier molecular flexibility index (Phi) is 7.70. The minimum absolute atomic E-state index is 0.178. The molecular weight excluding hydrogens is 364 g/mol. The van der Waals surface area contributed by atoms with Gasteiger partial charge in [0, 0.05) is 18.2 Å². The van der Waals surface area contributed by atoms with Gasteiger partial charge in [0.05, 0.1) is 33.3 Å². The number of carbonyl (C=O) groups excluding carboxylic acids is 1. The minimum Gasteiger partial charge on any atom is -0.493 e. The highest BCUT2D eigenvalue weighted by Crippen LogP contribution is 2.36. The first-order valence-corrected chi connectivity index (χ1v) is 9.05. The summed E-state index contributed by atoms with van der Waals surface area (Å²) in [5.41, 5.74) is 3.09. The van der Waals surface area contributed by atoms with Crippen molar-refractivity contribution in [3.05, 3.63) is 64.2 Å². The molecule has 0 aliphatic carbocycles. The highest BCUT2D eigenvalue weighted by Gasteiger charge is 2.09. The topological polar surface area (TPSA) is 52.0 Å². The molecule has 6 heteroatoms. The molecule has 0 fully saturated rings. The van der Waals surface area contributed by atoms with E-state index in [0.717, 1.165) is 17.7 Å². The quantitative estimate of drug-likeness (QED) is 0.681. The maximum Gasteiger partial charge on any atom is 0.244 e. The van der Waals surface area contributed by atoms with Gasteiger partial charge in [0.15, 0.2) is 11.5 Å². The van der Waals surface area contributed by atoms with Gasteiger partial charge in [-0.25, -0.2) is 0 Å². The van der Waals surface area contributed by atoms with Crippen molar-refractivity contribution in [3.8, 4) is 11.5 Å². The number of hydrogen-bond donors (Lipinski definition) is 2. The highest BCUT2D eigenvalue weighted by atomic mass is 35.5. The van der Waals surface area contributed by atoms with Gasteiger partial charge < -0.3 is 19.7 Å². The molecule has 0 bridgehead atoms. The lowest BCUT2D eigenvalue weighted by Crippen LogP contribution is -3.04. The van der Waals surface area contributed by atoms with Gasteiger partial charge in [0.2, 0.25) is 5.91 Å². The largest absolute Gasteiger partial charge is 0.493 e. The molecule has 0 radical (unpaired) electrons. The van der Waals surface area contributed by atoms with Gasteiger partial charge in [-0.05, 0) is 29.3 Å². The molecular formula is C21H26ClN2O3+. The van der Waals surface area contributed by atoms with E-state index in [0.29, 0.717) is 23.1 Å². The fraction of sp³-hybridized carbons (Fsp3) is 0.286. The number of hydrogen-bond acceptors (Lipinski definition) is 3. The first kappa shape index (κ1) is 20.8. The van der Waals surface area contributed by atoms with Gasteiger partial charge in [-0.2, -0.15) is 0 Å². The molecule has 1 amide bonds. The van der Waals surface area contributed by atoms with Crippen molar-refractivity contribution in [2.24, 2.45) is 0 Å². The zero-order chi connectivity index (χ0) is 19.8. The van der Waals surface area contributed by atoms with Crippen molar-refractivity contribution in [1.29, 1.82) is 0 Å². The van der Waals surface area contributed by atoms with Gasteiger partial charge in [-0.15, -0.1) is 0 Å². The van der Waals surface area contributed by atoms with Crippen molar-refractivity contribution >= 4 is 23.6 Å². The Morgan fingerprint density at radius 3 is 2.37 bits per heavy atom. The van der Waals surface area contributed by atoms with Crippen molar-refractivity contribution < 1.29 is 19.2 Å². The number of benzene rings is 2. The van der Waals surface area contributed by atoms with Crippen molar-refractivity contribution in [2.75, 3.05) is 28.3 Å². The average Bonchev–Trinajstić information content (AvgIpc) is 2.64. The van der Waals surface area contributed by atoms with Gasteiger partial charge >= 0.3 is 0 Å². The fourth-order valence-electron chi connectivity index (χ4n) is 2.64. The molecule has 0 unspecified atom stereocenters. The molecule has 0 spiro atoms. The monoisotopic (exact) mass is 389 g/mol. The van der Waals surface area contributed by atoms with Crippen LogP contribution < -0.4 is 19.7 Å². The molecule has 0 atom stereocenters. The van der Waals surface area contributed by atoms with Crippen molar-refractivity contribution in [2.45, 2.75) is 13.1 Å². The van der Waals surface area contributed by atoms with E-state index in [4.69, 9.17) is 21.1 Å². The standard InChI is InChI=1S/C21H25ClN2O3/c1-24(2)14-16-7-5-15(6-8-16)13-23-20(25)10-9-17-11-18(22)21(27-4)19(12-17)26-3/h5-12H,13-14H2,1-4H3,(H,23,25)/p+1/b10-9+. The highest BCUT2D eigenvalue weighted by molar-refractivity contribution is 6.32. The lowest BCUT2D eigenvalue weighted by molar-refractivity contribution is -0.872. The minimum atomic E-state index is -0.178. The summed E-state index contributed by atoms with van der Waals surface area (Å²) in [5.74, 6) is 0.813. The Morgan fingerprint density at radius 1 is 1.11 bits per heavy atom. The molecule has 144 valence electrons. The van der Waals surface area contributed by atoms with E-state index in [1.807, 2.05) is 12.1 Å². The van der Waals surface area contributed by atoms with Crippen molar-refractivity contribution in [1.82, 2.24) is 5.32 Å². The van der Waals surface area contributed by atoms with Crippen molar-refractivity contribution in [3.63, 3.8) is 0 Å². The summed E-state index contributed by atoms with van der Waals surface area (Å²) in [5, 5.41) is 3.30. The molecule has 2 aromatic rings. The smallest absolute Gasteiger partial charge is 0.244 e. The Labute approximate surface area is 165 Å². The van der Waals surface area contributed by atoms with E-state index in [1.165, 1.54) is 23.6 Å². The normalized spacial score (nSPS) is 11.0. The summed E-state index contributed by atoms with van der Waals surface area (Å²) in [7, 11) is 7.30. The first-order valence-electron chi connectivity index (χ1n) is 8.67. The van der Waals surface area contributed by atoms with Crippen LogP contribution in [0.25, 0.3) is 6.08 Å². The van der Waals surface area contributed by atoms with Crippen LogP contribution in [-0.4, -0.2) is 34.2 Å². The third-order valence-corrected chi connectivity index (χ3v) is 4.21. The van der Waals surface area contributed by atoms with E-state index in [1.54, 1.807) is 25.3 Å². The second-order valence-electron chi connectivity index (χ2n) is 6.49. The maximum absolute atomic E-state index is 12.1. The molecule has 0 saturated carbocycles. The number of ether oxygens (including phenoxy) is 2. The number of quaternary nitrogens is 1. The summed E-state index contributed by atoms with van der Waals surface area (Å²) in [6, 6.07) is 11.7. The second kappa shape index (κ2) is 10.00. The molecule has 2 N–H and O–H groups in total. The summed E-state index contributed by atoms with van der Waals surface area (Å²) in [6.07, 6.45) is 3.16. The molecule has 0 aromatic heterocycles. The van der Waals surface area contributed by atoms with Gasteiger partial charge in [0.1, 0.15) is 6.54 Å². The molecule has 0 saturated heterocycles. The molecule has 2 aromatic carbocycles. The predicted octanol–water partition coefficient (Wildman–Crippen LogP) is 2.33. The fourth-order valence-corrected chi connectivity index (χ4v) is 2.93. The van der Waals surface area contributed by atoms with Crippen LogP contribution in [0.4, 0.5) is 0 Å². The van der Waals surface area contributed by atoms with Crippen LogP contribution in [0.3, 0.4) is 0 Å². The molecule has 0 aliphatic rings. The molecule has 5 nitrogen and oxygen atoms in total. The number of rotatable bonds is 8. The van der Waals surface area contributed by atoms with Crippen LogP contribution >= 0.6 is 11.6 Å². The maximum atomic E-state index is 12.1. The van der Waals surface area contributed by atoms with E-state index in [-0.39, 0.29) is 5.91 Å². The van der Waals surface area contributed by atoms with Crippen LogP contribution in [0, 0.1) is 0 Å². The second-order valence-corrected chi connectivity index (χ2v) is 6.90. The van der Waals surface area contributed by atoms with Gasteiger partial charge in [0.25, 0.3) is 0 Å². The number of halogens is 1. The Hall–Kier alpha value is -2.50. The zero-order valence-corrected chi connectivity index (χ0v) is 16.9. The lowest BCUT2D eigenvalue weighted by Gasteiger charge is -2.10. The molecule has 0 aliphatic heterocycles. The molecule has 27 heavy (non-hydrogen) atoms. The summed E-state index contributed by atoms with van der Waals surface area (Å²) < 4.78 is 10.5. The lowest BCUT2D eigenvalue weighted by atomic mass is 10.1. The molecule has 0 heterocycles. The van der Waals surface area contributed by atoms with E-state index in [9.17, 15) is 4.79 Å². The third kappa shape index (κ3) is 6.31. The van der Waals surface area contributed by atoms with Crippen LogP contribution in [0.15, 0.2) is 42.5 Å².